The van der Waals surface area contributed by atoms with Crippen LogP contribution in [0.4, 0.5) is 0 Å². The summed E-state index contributed by atoms with van der Waals surface area (Å²) in [6.45, 7) is 8.54. The van der Waals surface area contributed by atoms with Gasteiger partial charge in [-0.05, 0) is 19.4 Å². The topological polar surface area (TPSA) is 44.8 Å². The van der Waals surface area contributed by atoms with Gasteiger partial charge in [-0.1, -0.05) is 6.92 Å². The Bertz CT molecular complexity index is 302. The first-order valence-corrected chi connectivity index (χ1v) is 7.48. The van der Waals surface area contributed by atoms with Crippen LogP contribution in [0.2, 0.25) is 0 Å². The van der Waals surface area contributed by atoms with Crippen molar-refractivity contribution in [3.63, 3.8) is 0 Å². The minimum absolute atomic E-state index is 0. The molecule has 0 radical (unpaired) electrons. The lowest BCUT2D eigenvalue weighted by Crippen LogP contribution is -2.56. The Morgan fingerprint density at radius 1 is 1.33 bits per heavy atom. The summed E-state index contributed by atoms with van der Waals surface area (Å²) in [5, 5.41) is 3.28. The van der Waals surface area contributed by atoms with E-state index in [9.17, 15) is 4.79 Å². The maximum absolute atomic E-state index is 12.4. The van der Waals surface area contributed by atoms with Crippen molar-refractivity contribution >= 4 is 30.7 Å². The fourth-order valence-corrected chi connectivity index (χ4v) is 3.11. The molecule has 1 N–H and O–H groups in total. The highest BCUT2D eigenvalue weighted by atomic mass is 35.5. The smallest absolute Gasteiger partial charge is 0.227 e. The van der Waals surface area contributed by atoms with Gasteiger partial charge in [0, 0.05) is 45.9 Å². The second-order valence-corrected chi connectivity index (χ2v) is 5.56. The van der Waals surface area contributed by atoms with Gasteiger partial charge >= 0.3 is 0 Å². The number of carbonyl (C=O) groups excluding carboxylic acids is 1. The lowest BCUT2D eigenvalue weighted by Gasteiger charge is -2.41. The van der Waals surface area contributed by atoms with Crippen molar-refractivity contribution in [2.75, 3.05) is 53.0 Å². The monoisotopic (exact) mass is 341 g/mol. The van der Waals surface area contributed by atoms with Crippen molar-refractivity contribution in [1.29, 1.82) is 0 Å². The fourth-order valence-electron chi connectivity index (χ4n) is 3.11. The van der Waals surface area contributed by atoms with Gasteiger partial charge in [-0.25, -0.2) is 0 Å². The Morgan fingerprint density at radius 2 is 2.10 bits per heavy atom. The van der Waals surface area contributed by atoms with Crippen LogP contribution in [-0.4, -0.2) is 74.7 Å². The molecule has 5 nitrogen and oxygen atoms in total. The first-order valence-electron chi connectivity index (χ1n) is 7.48. The van der Waals surface area contributed by atoms with Crippen molar-refractivity contribution in [2.45, 2.75) is 25.8 Å². The first kappa shape index (κ1) is 20.9. The molecule has 2 fully saturated rings. The van der Waals surface area contributed by atoms with Crippen LogP contribution < -0.4 is 5.32 Å². The standard InChI is InChI=1S/C14H27N3O2.2ClH/c1-3-13-11-17(7-6-16(13)8-9-19-2)14(18)12-4-5-15-10-12;;/h12-13,15H,3-11H2,1-2H3;2*1H. The lowest BCUT2D eigenvalue weighted by molar-refractivity contribution is -0.138. The molecule has 7 heteroatoms. The van der Waals surface area contributed by atoms with Crippen LogP contribution >= 0.6 is 24.8 Å². The van der Waals surface area contributed by atoms with Gasteiger partial charge in [0.25, 0.3) is 0 Å². The van der Waals surface area contributed by atoms with Gasteiger partial charge in [-0.15, -0.1) is 24.8 Å². The van der Waals surface area contributed by atoms with Crippen molar-refractivity contribution < 1.29 is 9.53 Å². The summed E-state index contributed by atoms with van der Waals surface area (Å²) in [4.78, 5) is 17.0. The molecule has 2 saturated heterocycles. The Hall–Kier alpha value is -0.0700. The van der Waals surface area contributed by atoms with Gasteiger partial charge in [0.2, 0.25) is 5.91 Å². The number of ether oxygens (including phenoxy) is 1. The molecule has 0 spiro atoms. The van der Waals surface area contributed by atoms with E-state index >= 15 is 0 Å². The number of carbonyl (C=O) groups is 1. The summed E-state index contributed by atoms with van der Waals surface area (Å²) in [5.74, 6) is 0.567. The van der Waals surface area contributed by atoms with E-state index in [-0.39, 0.29) is 30.7 Å². The van der Waals surface area contributed by atoms with Crippen LogP contribution in [0.25, 0.3) is 0 Å². The average Bonchev–Trinajstić information content (AvgIpc) is 2.98. The highest BCUT2D eigenvalue weighted by Crippen LogP contribution is 2.17. The Kier molecular flexibility index (Phi) is 10.6. The van der Waals surface area contributed by atoms with Gasteiger partial charge in [0.1, 0.15) is 0 Å². The number of piperazine rings is 1. The molecule has 0 aromatic carbocycles. The van der Waals surface area contributed by atoms with Gasteiger partial charge < -0.3 is 15.0 Å². The number of halogens is 2. The van der Waals surface area contributed by atoms with Crippen molar-refractivity contribution in [1.82, 2.24) is 15.1 Å². The van der Waals surface area contributed by atoms with Crippen LogP contribution in [-0.2, 0) is 9.53 Å². The van der Waals surface area contributed by atoms with Crippen molar-refractivity contribution in [3.05, 3.63) is 0 Å². The van der Waals surface area contributed by atoms with Crippen LogP contribution in [0, 0.1) is 5.92 Å². The van der Waals surface area contributed by atoms with E-state index in [4.69, 9.17) is 4.74 Å². The SMILES string of the molecule is CCC1CN(C(=O)C2CCNC2)CCN1CCOC.Cl.Cl. The predicted molar refractivity (Wildman–Crippen MR) is 89.6 cm³/mol. The van der Waals surface area contributed by atoms with Gasteiger partial charge in [0.15, 0.2) is 0 Å². The zero-order chi connectivity index (χ0) is 13.7. The van der Waals surface area contributed by atoms with Gasteiger partial charge in [-0.3, -0.25) is 9.69 Å². The Balaban J connectivity index is 0.00000200. The van der Waals surface area contributed by atoms with E-state index < -0.39 is 0 Å². The van der Waals surface area contributed by atoms with Crippen LogP contribution in [0.3, 0.4) is 0 Å². The number of nitrogens with one attached hydrogen (secondary N) is 1. The molecular formula is C14H29Cl2N3O2. The zero-order valence-corrected chi connectivity index (χ0v) is 14.7. The number of amides is 1. The Labute approximate surface area is 140 Å². The first-order chi connectivity index (χ1) is 9.26. The van der Waals surface area contributed by atoms with E-state index in [1.165, 1.54) is 0 Å². The number of methoxy groups -OCH3 is 1. The molecule has 0 aromatic heterocycles. The maximum atomic E-state index is 12.4. The lowest BCUT2D eigenvalue weighted by atomic mass is 10.0. The molecule has 2 rings (SSSR count). The minimum Gasteiger partial charge on any atom is -0.383 e. The van der Waals surface area contributed by atoms with E-state index in [1.807, 2.05) is 0 Å². The largest absolute Gasteiger partial charge is 0.383 e. The average molecular weight is 342 g/mol. The second-order valence-electron chi connectivity index (χ2n) is 5.56. The molecule has 0 aromatic rings. The third-order valence-corrected chi connectivity index (χ3v) is 4.38. The molecule has 0 aliphatic carbocycles. The van der Waals surface area contributed by atoms with Crippen molar-refractivity contribution in [3.8, 4) is 0 Å². The molecular weight excluding hydrogens is 313 g/mol. The van der Waals surface area contributed by atoms with E-state index in [0.29, 0.717) is 11.9 Å². The molecule has 2 atom stereocenters. The van der Waals surface area contributed by atoms with E-state index in [1.54, 1.807) is 7.11 Å². The molecule has 2 aliphatic heterocycles. The number of hydrogen-bond donors (Lipinski definition) is 1. The summed E-state index contributed by atoms with van der Waals surface area (Å²) < 4.78 is 5.16. The highest BCUT2D eigenvalue weighted by Gasteiger charge is 2.32. The zero-order valence-electron chi connectivity index (χ0n) is 13.0. The minimum atomic E-state index is 0. The van der Waals surface area contributed by atoms with E-state index in [0.717, 1.165) is 58.7 Å². The fraction of sp³-hybridized carbons (Fsp3) is 0.929. The summed E-state index contributed by atoms with van der Waals surface area (Å²) in [5.41, 5.74) is 0. The molecule has 2 heterocycles. The van der Waals surface area contributed by atoms with Crippen LogP contribution in [0.5, 0.6) is 0 Å². The summed E-state index contributed by atoms with van der Waals surface area (Å²) in [6, 6.07) is 0.488. The molecule has 0 bridgehead atoms. The van der Waals surface area contributed by atoms with Gasteiger partial charge in [-0.2, -0.15) is 0 Å². The quantitative estimate of drug-likeness (QED) is 0.810. The molecule has 126 valence electrons. The molecule has 1 amide bonds. The second kappa shape index (κ2) is 10.6. The van der Waals surface area contributed by atoms with Crippen LogP contribution in [0.15, 0.2) is 0 Å². The number of rotatable bonds is 5. The predicted octanol–water partition coefficient (Wildman–Crippen LogP) is 1.01. The number of hydrogen-bond acceptors (Lipinski definition) is 4. The number of nitrogens with zero attached hydrogens (tertiary/aromatic N) is 2. The summed E-state index contributed by atoms with van der Waals surface area (Å²) in [6.07, 6.45) is 2.09. The van der Waals surface area contributed by atoms with E-state index in [2.05, 4.69) is 22.0 Å². The van der Waals surface area contributed by atoms with Crippen LogP contribution in [0.1, 0.15) is 19.8 Å². The van der Waals surface area contributed by atoms with Gasteiger partial charge in [0.05, 0.1) is 12.5 Å². The normalized spacial score (nSPS) is 26.1. The Morgan fingerprint density at radius 3 is 2.67 bits per heavy atom. The molecule has 0 saturated carbocycles. The summed E-state index contributed by atoms with van der Waals surface area (Å²) >= 11 is 0. The third-order valence-electron chi connectivity index (χ3n) is 4.38. The summed E-state index contributed by atoms with van der Waals surface area (Å²) in [7, 11) is 1.74. The third kappa shape index (κ3) is 5.57. The molecule has 2 unspecified atom stereocenters. The maximum Gasteiger partial charge on any atom is 0.227 e. The highest BCUT2D eigenvalue weighted by molar-refractivity contribution is 5.85. The van der Waals surface area contributed by atoms with Crippen molar-refractivity contribution in [2.24, 2.45) is 5.92 Å². The molecule has 21 heavy (non-hydrogen) atoms. The molecule has 2 aliphatic rings.